The van der Waals surface area contributed by atoms with Gasteiger partial charge in [-0.25, -0.2) is 21.6 Å². The molecule has 2 aromatic rings. The van der Waals surface area contributed by atoms with Gasteiger partial charge in [0.25, 0.3) is 0 Å². The number of hydrogen-bond donors (Lipinski definition) is 2. The Morgan fingerprint density at radius 3 is 2.19 bits per heavy atom. The Morgan fingerprint density at radius 2 is 1.54 bits per heavy atom. The minimum absolute atomic E-state index is 0.00797. The fourth-order valence-electron chi connectivity index (χ4n) is 2.19. The van der Waals surface area contributed by atoms with Crippen LogP contribution in [0.4, 0.5) is 0 Å². The summed E-state index contributed by atoms with van der Waals surface area (Å²) in [6.07, 6.45) is 1.22. The standard InChI is InChI=1S/C17H20N2O5S2/c1-25(21,22)15-8-5-9-16(13-15)26(23,24)19-11-10-18-17(20)12-14-6-3-2-4-7-14/h2-9,13,19H,10-12H2,1H3,(H,18,20). The Morgan fingerprint density at radius 1 is 0.885 bits per heavy atom. The number of nitrogens with one attached hydrogen (secondary N) is 2. The van der Waals surface area contributed by atoms with E-state index in [2.05, 4.69) is 10.0 Å². The maximum absolute atomic E-state index is 12.2. The molecule has 2 rings (SSSR count). The molecule has 9 heteroatoms. The van der Waals surface area contributed by atoms with Gasteiger partial charge in [0.05, 0.1) is 16.2 Å². The third-order valence-corrected chi connectivity index (χ3v) is 6.06. The first-order valence-electron chi connectivity index (χ1n) is 7.79. The molecule has 7 nitrogen and oxygen atoms in total. The molecule has 0 aromatic heterocycles. The highest BCUT2D eigenvalue weighted by Gasteiger charge is 2.16. The highest BCUT2D eigenvalue weighted by atomic mass is 32.2. The van der Waals surface area contributed by atoms with Crippen molar-refractivity contribution in [3.05, 3.63) is 60.2 Å². The van der Waals surface area contributed by atoms with E-state index in [-0.39, 0.29) is 35.2 Å². The fourth-order valence-corrected chi connectivity index (χ4v) is 4.01. The summed E-state index contributed by atoms with van der Waals surface area (Å²) in [5.41, 5.74) is 0.864. The number of amides is 1. The molecule has 0 saturated carbocycles. The molecule has 0 aliphatic carbocycles. The molecule has 0 unspecified atom stereocenters. The van der Waals surface area contributed by atoms with E-state index in [1.54, 1.807) is 0 Å². The zero-order chi connectivity index (χ0) is 19.2. The third-order valence-electron chi connectivity index (χ3n) is 3.49. The number of carbonyl (C=O) groups is 1. The predicted molar refractivity (Wildman–Crippen MR) is 97.9 cm³/mol. The maximum atomic E-state index is 12.2. The van der Waals surface area contributed by atoms with Crippen LogP contribution in [0.3, 0.4) is 0 Å². The van der Waals surface area contributed by atoms with Crippen molar-refractivity contribution in [2.24, 2.45) is 0 Å². The summed E-state index contributed by atoms with van der Waals surface area (Å²) in [5.74, 6) is -0.213. The molecule has 140 valence electrons. The molecular formula is C17H20N2O5S2. The smallest absolute Gasteiger partial charge is 0.240 e. The van der Waals surface area contributed by atoms with Crippen molar-refractivity contribution in [1.82, 2.24) is 10.0 Å². The Kier molecular flexibility index (Phi) is 6.52. The van der Waals surface area contributed by atoms with Crippen molar-refractivity contribution in [2.45, 2.75) is 16.2 Å². The average Bonchev–Trinajstić information content (AvgIpc) is 2.59. The quantitative estimate of drug-likeness (QED) is 0.639. The second kappa shape index (κ2) is 8.43. The number of carbonyl (C=O) groups excluding carboxylic acids is 1. The van der Waals surface area contributed by atoms with E-state index in [0.29, 0.717) is 0 Å². The van der Waals surface area contributed by atoms with Crippen LogP contribution in [0.15, 0.2) is 64.4 Å². The van der Waals surface area contributed by atoms with Crippen LogP contribution < -0.4 is 10.0 Å². The van der Waals surface area contributed by atoms with Crippen molar-refractivity contribution in [3.63, 3.8) is 0 Å². The van der Waals surface area contributed by atoms with Gasteiger partial charge in [-0.05, 0) is 23.8 Å². The molecule has 0 saturated heterocycles. The number of sulfonamides is 1. The van der Waals surface area contributed by atoms with Crippen LogP contribution in [0, 0.1) is 0 Å². The molecule has 1 amide bonds. The van der Waals surface area contributed by atoms with Crippen molar-refractivity contribution in [1.29, 1.82) is 0 Å². The van der Waals surface area contributed by atoms with Crippen LogP contribution in [0.1, 0.15) is 5.56 Å². The molecule has 0 spiro atoms. The summed E-state index contributed by atoms with van der Waals surface area (Å²) >= 11 is 0. The molecule has 0 radical (unpaired) electrons. The van der Waals surface area contributed by atoms with E-state index in [4.69, 9.17) is 0 Å². The molecule has 0 heterocycles. The van der Waals surface area contributed by atoms with Crippen LogP contribution in [-0.4, -0.2) is 42.1 Å². The zero-order valence-corrected chi connectivity index (χ0v) is 15.8. The van der Waals surface area contributed by atoms with Crippen LogP contribution in [0.2, 0.25) is 0 Å². The molecule has 0 bridgehead atoms. The van der Waals surface area contributed by atoms with Gasteiger partial charge in [-0.1, -0.05) is 36.4 Å². The summed E-state index contributed by atoms with van der Waals surface area (Å²) < 4.78 is 49.9. The lowest BCUT2D eigenvalue weighted by molar-refractivity contribution is -0.120. The van der Waals surface area contributed by atoms with Gasteiger partial charge in [-0.15, -0.1) is 0 Å². The Balaban J connectivity index is 1.88. The molecule has 26 heavy (non-hydrogen) atoms. The van der Waals surface area contributed by atoms with Gasteiger partial charge in [-0.2, -0.15) is 0 Å². The monoisotopic (exact) mass is 396 g/mol. The van der Waals surface area contributed by atoms with E-state index in [0.717, 1.165) is 17.9 Å². The van der Waals surface area contributed by atoms with Crippen molar-refractivity contribution in [3.8, 4) is 0 Å². The first-order valence-corrected chi connectivity index (χ1v) is 11.2. The van der Waals surface area contributed by atoms with Gasteiger partial charge in [-0.3, -0.25) is 4.79 Å². The third kappa shape index (κ3) is 5.94. The van der Waals surface area contributed by atoms with Crippen LogP contribution in [-0.2, 0) is 31.1 Å². The molecule has 0 aliphatic heterocycles. The Bertz CT molecular complexity index is 971. The Labute approximate surface area is 153 Å². The zero-order valence-electron chi connectivity index (χ0n) is 14.2. The van der Waals surface area contributed by atoms with E-state index in [1.807, 2.05) is 30.3 Å². The van der Waals surface area contributed by atoms with Gasteiger partial charge < -0.3 is 5.32 Å². The summed E-state index contributed by atoms with van der Waals surface area (Å²) in [4.78, 5) is 11.6. The van der Waals surface area contributed by atoms with Gasteiger partial charge in [0.1, 0.15) is 0 Å². The van der Waals surface area contributed by atoms with Crippen LogP contribution in [0.25, 0.3) is 0 Å². The summed E-state index contributed by atoms with van der Waals surface area (Å²) in [6.45, 7) is 0.114. The second-order valence-electron chi connectivity index (χ2n) is 5.66. The topological polar surface area (TPSA) is 109 Å². The van der Waals surface area contributed by atoms with Gasteiger partial charge >= 0.3 is 0 Å². The second-order valence-corrected chi connectivity index (χ2v) is 9.44. The van der Waals surface area contributed by atoms with Crippen molar-refractivity contribution in [2.75, 3.05) is 19.3 Å². The van der Waals surface area contributed by atoms with Crippen LogP contribution in [0.5, 0.6) is 0 Å². The molecule has 0 aliphatic rings. The number of benzene rings is 2. The highest BCUT2D eigenvalue weighted by Crippen LogP contribution is 2.15. The molecule has 2 N–H and O–H groups in total. The first kappa shape index (κ1) is 20.1. The van der Waals surface area contributed by atoms with Crippen molar-refractivity contribution >= 4 is 25.8 Å². The fraction of sp³-hybridized carbons (Fsp3) is 0.235. The highest BCUT2D eigenvalue weighted by molar-refractivity contribution is 7.91. The SMILES string of the molecule is CS(=O)(=O)c1cccc(S(=O)(=O)NCCNC(=O)Cc2ccccc2)c1. The van der Waals surface area contributed by atoms with Gasteiger partial charge in [0.15, 0.2) is 9.84 Å². The van der Waals surface area contributed by atoms with E-state index in [9.17, 15) is 21.6 Å². The molecule has 0 fully saturated rings. The summed E-state index contributed by atoms with van der Waals surface area (Å²) in [6, 6.07) is 14.3. The lowest BCUT2D eigenvalue weighted by atomic mass is 10.1. The van der Waals surface area contributed by atoms with E-state index < -0.39 is 19.9 Å². The minimum atomic E-state index is -3.87. The number of hydrogen-bond acceptors (Lipinski definition) is 5. The summed E-state index contributed by atoms with van der Waals surface area (Å²) in [5, 5.41) is 2.63. The largest absolute Gasteiger partial charge is 0.355 e. The number of rotatable bonds is 8. The van der Waals surface area contributed by atoms with Gasteiger partial charge in [0, 0.05) is 19.3 Å². The van der Waals surface area contributed by atoms with Gasteiger partial charge in [0.2, 0.25) is 15.9 Å². The molecule has 2 aromatic carbocycles. The minimum Gasteiger partial charge on any atom is -0.355 e. The normalized spacial score (nSPS) is 11.9. The van der Waals surface area contributed by atoms with Crippen molar-refractivity contribution < 1.29 is 21.6 Å². The van der Waals surface area contributed by atoms with E-state index in [1.165, 1.54) is 18.2 Å². The molecular weight excluding hydrogens is 376 g/mol. The Hall–Kier alpha value is -2.23. The molecule has 0 atom stereocenters. The summed E-state index contributed by atoms with van der Waals surface area (Å²) in [7, 11) is -7.37. The first-order chi connectivity index (χ1) is 12.2. The lowest BCUT2D eigenvalue weighted by Gasteiger charge is -2.09. The lowest BCUT2D eigenvalue weighted by Crippen LogP contribution is -2.35. The maximum Gasteiger partial charge on any atom is 0.240 e. The average molecular weight is 396 g/mol. The van der Waals surface area contributed by atoms with Crippen LogP contribution >= 0.6 is 0 Å². The number of sulfone groups is 1. The van der Waals surface area contributed by atoms with E-state index >= 15 is 0 Å². The predicted octanol–water partition coefficient (Wildman–Crippen LogP) is 0.727.